The van der Waals surface area contributed by atoms with Crippen LogP contribution in [0, 0.1) is 0 Å². The van der Waals surface area contributed by atoms with Crippen LogP contribution in [0.4, 0.5) is 18.0 Å². The zero-order valence-electron chi connectivity index (χ0n) is 14.1. The molecule has 0 atom stereocenters. The molecule has 0 aliphatic rings. The van der Waals surface area contributed by atoms with Crippen LogP contribution < -0.4 is 0 Å². The second-order valence-corrected chi connectivity index (χ2v) is 8.00. The van der Waals surface area contributed by atoms with E-state index in [1.54, 1.807) is 13.8 Å². The SMILES string of the molecule is CCN(CC)C(=O)n1cc(Cl)c(S(=O)(=O)c2ccc(Cl)cc2C(F)(F)F)n1. The number of carbonyl (C=O) groups is 1. The predicted octanol–water partition coefficient (Wildman–Crippen LogP) is 4.35. The number of alkyl halides is 3. The van der Waals surface area contributed by atoms with Crippen molar-refractivity contribution >= 4 is 39.1 Å². The Labute approximate surface area is 163 Å². The summed E-state index contributed by atoms with van der Waals surface area (Å²) in [5.74, 6) is 0. The maximum absolute atomic E-state index is 13.3. The number of rotatable bonds is 4. The molecule has 1 heterocycles. The van der Waals surface area contributed by atoms with Gasteiger partial charge in [0, 0.05) is 18.1 Å². The van der Waals surface area contributed by atoms with Gasteiger partial charge in [0.15, 0.2) is 0 Å². The van der Waals surface area contributed by atoms with Gasteiger partial charge in [0.1, 0.15) is 0 Å². The number of halogens is 5. The number of hydrogen-bond acceptors (Lipinski definition) is 4. The summed E-state index contributed by atoms with van der Waals surface area (Å²) >= 11 is 11.4. The molecule has 0 bridgehead atoms. The van der Waals surface area contributed by atoms with Crippen LogP contribution in [-0.4, -0.2) is 42.2 Å². The van der Waals surface area contributed by atoms with E-state index >= 15 is 0 Å². The summed E-state index contributed by atoms with van der Waals surface area (Å²) in [6.07, 6.45) is -4.03. The third kappa shape index (κ3) is 4.22. The molecule has 0 aliphatic carbocycles. The minimum absolute atomic E-state index is 0.283. The smallest absolute Gasteiger partial charge is 0.323 e. The molecule has 0 N–H and O–H groups in total. The maximum atomic E-state index is 13.3. The highest BCUT2D eigenvalue weighted by Gasteiger charge is 2.39. The van der Waals surface area contributed by atoms with Gasteiger partial charge in [-0.05, 0) is 32.0 Å². The van der Waals surface area contributed by atoms with Crippen molar-refractivity contribution in [3.05, 3.63) is 40.0 Å². The molecule has 0 unspecified atom stereocenters. The molecule has 0 spiro atoms. The lowest BCUT2D eigenvalue weighted by Crippen LogP contribution is -2.34. The number of carbonyl (C=O) groups excluding carboxylic acids is 1. The molecular weight excluding hydrogens is 430 g/mol. The fraction of sp³-hybridized carbons (Fsp3) is 0.333. The third-order valence-corrected chi connectivity index (χ3v) is 6.03. The standard InChI is InChI=1S/C15H14Cl2F3N3O3S/c1-3-22(4-2)14(24)23-8-11(17)13(21-23)27(25,26)12-6-5-9(16)7-10(12)15(18,19)20/h5-8H,3-4H2,1-2H3. The molecule has 148 valence electrons. The average molecular weight is 444 g/mol. The van der Waals surface area contributed by atoms with Crippen molar-refractivity contribution in [2.45, 2.75) is 29.9 Å². The van der Waals surface area contributed by atoms with Crippen molar-refractivity contribution < 1.29 is 26.4 Å². The molecule has 1 amide bonds. The molecule has 1 aromatic heterocycles. The Bertz CT molecular complexity index is 970. The van der Waals surface area contributed by atoms with Crippen LogP contribution in [-0.2, 0) is 16.0 Å². The summed E-state index contributed by atoms with van der Waals surface area (Å²) in [4.78, 5) is 12.6. The van der Waals surface area contributed by atoms with Gasteiger partial charge in [-0.2, -0.15) is 23.0 Å². The van der Waals surface area contributed by atoms with Crippen LogP contribution in [0.15, 0.2) is 34.3 Å². The molecule has 0 fully saturated rings. The zero-order valence-corrected chi connectivity index (χ0v) is 16.4. The molecule has 0 radical (unpaired) electrons. The summed E-state index contributed by atoms with van der Waals surface area (Å²) < 4.78 is 66.0. The van der Waals surface area contributed by atoms with E-state index in [1.807, 2.05) is 0 Å². The average Bonchev–Trinajstić information content (AvgIpc) is 2.97. The van der Waals surface area contributed by atoms with Crippen molar-refractivity contribution in [1.29, 1.82) is 0 Å². The lowest BCUT2D eigenvalue weighted by Gasteiger charge is -2.17. The molecule has 0 aliphatic heterocycles. The van der Waals surface area contributed by atoms with Gasteiger partial charge in [-0.1, -0.05) is 23.2 Å². The van der Waals surface area contributed by atoms with E-state index in [4.69, 9.17) is 23.2 Å². The summed E-state index contributed by atoms with van der Waals surface area (Å²) in [5, 5.41) is 2.02. The highest BCUT2D eigenvalue weighted by atomic mass is 35.5. The Morgan fingerprint density at radius 2 is 1.81 bits per heavy atom. The topological polar surface area (TPSA) is 72.3 Å². The van der Waals surface area contributed by atoms with E-state index < -0.39 is 42.6 Å². The summed E-state index contributed by atoms with van der Waals surface area (Å²) in [5.41, 5.74) is -1.45. The van der Waals surface area contributed by atoms with Crippen molar-refractivity contribution in [2.75, 3.05) is 13.1 Å². The fourth-order valence-electron chi connectivity index (χ4n) is 2.32. The molecule has 1 aromatic carbocycles. The van der Waals surface area contributed by atoms with Gasteiger partial charge < -0.3 is 4.90 Å². The first-order valence-corrected chi connectivity index (χ1v) is 9.83. The van der Waals surface area contributed by atoms with E-state index in [0.717, 1.165) is 18.3 Å². The maximum Gasteiger partial charge on any atom is 0.417 e. The van der Waals surface area contributed by atoms with Crippen molar-refractivity contribution in [2.24, 2.45) is 0 Å². The normalized spacial score (nSPS) is 12.3. The molecule has 6 nitrogen and oxygen atoms in total. The lowest BCUT2D eigenvalue weighted by atomic mass is 10.2. The number of benzene rings is 1. The van der Waals surface area contributed by atoms with Crippen LogP contribution in [0.3, 0.4) is 0 Å². The first-order chi connectivity index (χ1) is 12.4. The minimum atomic E-state index is -4.97. The molecule has 0 saturated heterocycles. The Kier molecular flexibility index (Phi) is 6.13. The first kappa shape index (κ1) is 21.5. The fourth-order valence-corrected chi connectivity index (χ4v) is 4.35. The number of hydrogen-bond donors (Lipinski definition) is 0. The van der Waals surface area contributed by atoms with E-state index in [0.29, 0.717) is 23.8 Å². The van der Waals surface area contributed by atoms with E-state index in [-0.39, 0.29) is 5.02 Å². The van der Waals surface area contributed by atoms with Gasteiger partial charge in [-0.25, -0.2) is 13.2 Å². The molecule has 2 rings (SSSR count). The van der Waals surface area contributed by atoms with E-state index in [9.17, 15) is 26.4 Å². The summed E-state index contributed by atoms with van der Waals surface area (Å²) in [7, 11) is -4.77. The van der Waals surface area contributed by atoms with Crippen LogP contribution in [0.1, 0.15) is 19.4 Å². The summed E-state index contributed by atoms with van der Waals surface area (Å²) in [6, 6.07) is 1.58. The third-order valence-electron chi connectivity index (χ3n) is 3.66. The van der Waals surface area contributed by atoms with Crippen molar-refractivity contribution in [3.63, 3.8) is 0 Å². The molecule has 12 heteroatoms. The van der Waals surface area contributed by atoms with Crippen LogP contribution in [0.5, 0.6) is 0 Å². The zero-order chi connectivity index (χ0) is 20.6. The van der Waals surface area contributed by atoms with Gasteiger partial charge in [-0.15, -0.1) is 0 Å². The predicted molar refractivity (Wildman–Crippen MR) is 92.9 cm³/mol. The molecule has 0 saturated carbocycles. The number of nitrogens with zero attached hydrogens (tertiary/aromatic N) is 3. The number of amides is 1. The Hall–Kier alpha value is -1.78. The number of sulfone groups is 1. The van der Waals surface area contributed by atoms with Crippen LogP contribution >= 0.6 is 23.2 Å². The number of aromatic nitrogens is 2. The highest BCUT2D eigenvalue weighted by Crippen LogP contribution is 2.38. The highest BCUT2D eigenvalue weighted by molar-refractivity contribution is 7.91. The molecular formula is C15H14Cl2F3N3O3S. The molecule has 2 aromatic rings. The van der Waals surface area contributed by atoms with Crippen molar-refractivity contribution in [3.8, 4) is 0 Å². The van der Waals surface area contributed by atoms with E-state index in [2.05, 4.69) is 5.10 Å². The van der Waals surface area contributed by atoms with Crippen LogP contribution in [0.25, 0.3) is 0 Å². The van der Waals surface area contributed by atoms with Gasteiger partial charge in [0.25, 0.3) is 0 Å². The Balaban J connectivity index is 2.62. The summed E-state index contributed by atoms with van der Waals surface area (Å²) in [6.45, 7) is 4.05. The Morgan fingerprint density at radius 3 is 2.33 bits per heavy atom. The first-order valence-electron chi connectivity index (χ1n) is 7.59. The van der Waals surface area contributed by atoms with Gasteiger partial charge in [0.05, 0.1) is 21.7 Å². The van der Waals surface area contributed by atoms with Crippen molar-refractivity contribution in [1.82, 2.24) is 14.7 Å². The van der Waals surface area contributed by atoms with Crippen LogP contribution in [0.2, 0.25) is 10.0 Å². The van der Waals surface area contributed by atoms with Gasteiger partial charge >= 0.3 is 12.2 Å². The Morgan fingerprint density at radius 1 is 1.22 bits per heavy atom. The molecule has 27 heavy (non-hydrogen) atoms. The van der Waals surface area contributed by atoms with Gasteiger partial charge in [-0.3, -0.25) is 0 Å². The second kappa shape index (κ2) is 7.69. The minimum Gasteiger partial charge on any atom is -0.323 e. The van der Waals surface area contributed by atoms with Gasteiger partial charge in [0.2, 0.25) is 14.9 Å². The second-order valence-electron chi connectivity index (χ2n) is 5.32. The quantitative estimate of drug-likeness (QED) is 0.703. The van der Waals surface area contributed by atoms with E-state index in [1.165, 1.54) is 4.90 Å². The monoisotopic (exact) mass is 443 g/mol. The largest absolute Gasteiger partial charge is 0.417 e. The lowest BCUT2D eigenvalue weighted by molar-refractivity contribution is -0.139.